The zero-order chi connectivity index (χ0) is 15.9. The van der Waals surface area contributed by atoms with Gasteiger partial charge >= 0.3 is 0 Å². The van der Waals surface area contributed by atoms with Gasteiger partial charge in [-0.3, -0.25) is 4.79 Å². The van der Waals surface area contributed by atoms with Crippen molar-refractivity contribution in [2.75, 3.05) is 18.8 Å². The lowest BCUT2D eigenvalue weighted by Crippen LogP contribution is -2.60. The fourth-order valence-electron chi connectivity index (χ4n) is 3.78. The first kappa shape index (κ1) is 15.3. The Labute approximate surface area is 132 Å². The van der Waals surface area contributed by atoms with E-state index in [4.69, 9.17) is 11.5 Å². The lowest BCUT2D eigenvalue weighted by molar-refractivity contribution is -0.141. The van der Waals surface area contributed by atoms with Crippen LogP contribution >= 0.6 is 0 Å². The Morgan fingerprint density at radius 1 is 1.18 bits per heavy atom. The van der Waals surface area contributed by atoms with Crippen molar-refractivity contribution in [3.05, 3.63) is 28.8 Å². The van der Waals surface area contributed by atoms with E-state index in [0.29, 0.717) is 5.92 Å². The SMILES string of the molecule is Cc1cc(C2CCN(C(=O)C3(N)CCC3)CC2)c(C)cc1N. The number of carbonyl (C=O) groups is 1. The molecule has 0 bridgehead atoms. The molecule has 1 amide bonds. The minimum atomic E-state index is -0.555. The van der Waals surface area contributed by atoms with Crippen LogP contribution < -0.4 is 11.5 Å². The summed E-state index contributed by atoms with van der Waals surface area (Å²) in [5.41, 5.74) is 16.3. The molecule has 1 saturated heterocycles. The summed E-state index contributed by atoms with van der Waals surface area (Å²) >= 11 is 0. The molecule has 1 saturated carbocycles. The number of piperidine rings is 1. The number of amides is 1. The molecule has 3 rings (SSSR count). The fourth-order valence-corrected chi connectivity index (χ4v) is 3.78. The van der Waals surface area contributed by atoms with Crippen LogP contribution in [0.5, 0.6) is 0 Å². The quantitative estimate of drug-likeness (QED) is 0.824. The molecule has 22 heavy (non-hydrogen) atoms. The second-order valence-corrected chi connectivity index (χ2v) is 7.14. The monoisotopic (exact) mass is 301 g/mol. The van der Waals surface area contributed by atoms with Crippen LogP contribution in [-0.4, -0.2) is 29.4 Å². The van der Waals surface area contributed by atoms with Crippen LogP contribution in [0.4, 0.5) is 5.69 Å². The summed E-state index contributed by atoms with van der Waals surface area (Å²) in [7, 11) is 0. The van der Waals surface area contributed by atoms with Crippen LogP contribution in [0.25, 0.3) is 0 Å². The summed E-state index contributed by atoms with van der Waals surface area (Å²) in [6.45, 7) is 5.84. The number of anilines is 1. The number of rotatable bonds is 2. The smallest absolute Gasteiger partial charge is 0.242 e. The highest BCUT2D eigenvalue weighted by Gasteiger charge is 2.43. The highest BCUT2D eigenvalue weighted by molar-refractivity contribution is 5.87. The molecule has 1 aromatic carbocycles. The molecule has 2 aliphatic rings. The van der Waals surface area contributed by atoms with Gasteiger partial charge in [-0.1, -0.05) is 6.07 Å². The van der Waals surface area contributed by atoms with Crippen molar-refractivity contribution in [2.45, 2.75) is 57.4 Å². The van der Waals surface area contributed by atoms with E-state index in [-0.39, 0.29) is 5.91 Å². The number of nitrogen functional groups attached to an aromatic ring is 1. The summed E-state index contributed by atoms with van der Waals surface area (Å²) in [4.78, 5) is 14.5. The molecule has 0 aromatic heterocycles. The lowest BCUT2D eigenvalue weighted by Gasteiger charge is -2.42. The second kappa shape index (κ2) is 5.58. The van der Waals surface area contributed by atoms with Crippen LogP contribution in [-0.2, 0) is 4.79 Å². The summed E-state index contributed by atoms with van der Waals surface area (Å²) in [6.07, 6.45) is 4.82. The van der Waals surface area contributed by atoms with Gasteiger partial charge in [-0.2, -0.15) is 0 Å². The molecule has 4 heteroatoms. The van der Waals surface area contributed by atoms with Gasteiger partial charge in [0.1, 0.15) is 0 Å². The average Bonchev–Trinajstić information content (AvgIpc) is 2.48. The van der Waals surface area contributed by atoms with Crippen LogP contribution in [0.15, 0.2) is 12.1 Å². The van der Waals surface area contributed by atoms with Gasteiger partial charge in [0.25, 0.3) is 0 Å². The molecule has 2 fully saturated rings. The van der Waals surface area contributed by atoms with Crippen LogP contribution in [0, 0.1) is 13.8 Å². The number of aryl methyl sites for hydroxylation is 2. The Bertz CT molecular complexity index is 584. The standard InChI is InChI=1S/C18H27N3O/c1-12-11-16(19)13(2)10-15(12)14-4-8-21(9-5-14)17(22)18(20)6-3-7-18/h10-11,14H,3-9,19-20H2,1-2H3. The highest BCUT2D eigenvalue weighted by Crippen LogP contribution is 2.35. The zero-order valence-corrected chi connectivity index (χ0v) is 13.7. The summed E-state index contributed by atoms with van der Waals surface area (Å²) < 4.78 is 0. The van der Waals surface area contributed by atoms with Crippen molar-refractivity contribution >= 4 is 11.6 Å². The van der Waals surface area contributed by atoms with E-state index in [0.717, 1.165) is 56.4 Å². The lowest BCUT2D eigenvalue weighted by atomic mass is 9.76. The molecule has 0 unspecified atom stereocenters. The Hall–Kier alpha value is -1.55. The number of hydrogen-bond donors (Lipinski definition) is 2. The van der Waals surface area contributed by atoms with Gasteiger partial charge < -0.3 is 16.4 Å². The number of nitrogens with two attached hydrogens (primary N) is 2. The first-order valence-electron chi connectivity index (χ1n) is 8.35. The van der Waals surface area contributed by atoms with Crippen molar-refractivity contribution in [1.29, 1.82) is 0 Å². The molecule has 1 aliphatic carbocycles. The first-order valence-corrected chi connectivity index (χ1v) is 8.35. The third-order valence-corrected chi connectivity index (χ3v) is 5.55. The molecule has 4 nitrogen and oxygen atoms in total. The van der Waals surface area contributed by atoms with Gasteiger partial charge in [0, 0.05) is 18.8 Å². The van der Waals surface area contributed by atoms with Crippen molar-refractivity contribution < 1.29 is 4.79 Å². The minimum Gasteiger partial charge on any atom is -0.399 e. The van der Waals surface area contributed by atoms with Crippen molar-refractivity contribution in [1.82, 2.24) is 4.90 Å². The maximum Gasteiger partial charge on any atom is 0.242 e. The number of carbonyl (C=O) groups excluding carboxylic acids is 1. The zero-order valence-electron chi connectivity index (χ0n) is 13.7. The van der Waals surface area contributed by atoms with Crippen molar-refractivity contribution in [3.63, 3.8) is 0 Å². The van der Waals surface area contributed by atoms with Gasteiger partial charge in [0.15, 0.2) is 0 Å². The summed E-state index contributed by atoms with van der Waals surface area (Å²) in [6, 6.07) is 4.30. The average molecular weight is 301 g/mol. The molecule has 1 aliphatic heterocycles. The van der Waals surface area contributed by atoms with Gasteiger partial charge in [0.05, 0.1) is 5.54 Å². The third-order valence-electron chi connectivity index (χ3n) is 5.55. The molecule has 0 radical (unpaired) electrons. The predicted octanol–water partition coefficient (Wildman–Crippen LogP) is 2.47. The molecule has 4 N–H and O–H groups in total. The predicted molar refractivity (Wildman–Crippen MR) is 89.7 cm³/mol. The number of nitrogens with zero attached hydrogens (tertiary/aromatic N) is 1. The largest absolute Gasteiger partial charge is 0.399 e. The minimum absolute atomic E-state index is 0.169. The van der Waals surface area contributed by atoms with Gasteiger partial charge in [0.2, 0.25) is 5.91 Å². The van der Waals surface area contributed by atoms with E-state index in [9.17, 15) is 4.79 Å². The molecule has 1 aromatic rings. The number of hydrogen-bond acceptors (Lipinski definition) is 3. The van der Waals surface area contributed by atoms with E-state index < -0.39 is 5.54 Å². The Morgan fingerprint density at radius 3 is 2.36 bits per heavy atom. The van der Waals surface area contributed by atoms with Gasteiger partial charge in [-0.05, 0) is 74.6 Å². The topological polar surface area (TPSA) is 72.3 Å². The van der Waals surface area contributed by atoms with Crippen molar-refractivity contribution in [2.24, 2.45) is 5.73 Å². The fraction of sp³-hybridized carbons (Fsp3) is 0.611. The van der Waals surface area contributed by atoms with E-state index in [1.807, 2.05) is 4.90 Å². The Kier molecular flexibility index (Phi) is 3.89. The normalized spacial score (nSPS) is 21.5. The van der Waals surface area contributed by atoms with Crippen LogP contribution in [0.2, 0.25) is 0 Å². The molecule has 0 atom stereocenters. The van der Waals surface area contributed by atoms with Gasteiger partial charge in [-0.25, -0.2) is 0 Å². The van der Waals surface area contributed by atoms with Crippen LogP contribution in [0.1, 0.15) is 54.7 Å². The van der Waals surface area contributed by atoms with E-state index >= 15 is 0 Å². The van der Waals surface area contributed by atoms with Crippen molar-refractivity contribution in [3.8, 4) is 0 Å². The summed E-state index contributed by atoms with van der Waals surface area (Å²) in [5.74, 6) is 0.695. The Morgan fingerprint density at radius 2 is 1.82 bits per heavy atom. The maximum absolute atomic E-state index is 12.5. The molecule has 0 spiro atoms. The second-order valence-electron chi connectivity index (χ2n) is 7.14. The third kappa shape index (κ3) is 2.60. The van der Waals surface area contributed by atoms with Gasteiger partial charge in [-0.15, -0.1) is 0 Å². The molecule has 120 valence electrons. The number of likely N-dealkylation sites (tertiary alicyclic amines) is 1. The molecular formula is C18H27N3O. The summed E-state index contributed by atoms with van der Waals surface area (Å²) in [5, 5.41) is 0. The molecular weight excluding hydrogens is 274 g/mol. The van der Waals surface area contributed by atoms with E-state index in [1.54, 1.807) is 0 Å². The Balaban J connectivity index is 1.67. The first-order chi connectivity index (χ1) is 10.4. The van der Waals surface area contributed by atoms with Crippen LogP contribution in [0.3, 0.4) is 0 Å². The number of benzene rings is 1. The highest BCUT2D eigenvalue weighted by atomic mass is 16.2. The molecule has 1 heterocycles. The van der Waals surface area contributed by atoms with E-state index in [2.05, 4.69) is 26.0 Å². The maximum atomic E-state index is 12.5. The van der Waals surface area contributed by atoms with E-state index in [1.165, 1.54) is 11.1 Å².